The number of hydrogen-bond acceptors (Lipinski definition) is 4. The molecule has 0 bridgehead atoms. The average Bonchev–Trinajstić information content (AvgIpc) is 3.26. The summed E-state index contributed by atoms with van der Waals surface area (Å²) in [6, 6.07) is 12.2. The highest BCUT2D eigenvalue weighted by Crippen LogP contribution is 2.26. The van der Waals surface area contributed by atoms with Gasteiger partial charge in [-0.15, -0.1) is 11.3 Å². The van der Waals surface area contributed by atoms with E-state index in [1.165, 1.54) is 0 Å². The molecule has 1 aromatic carbocycles. The molecule has 4 nitrogen and oxygen atoms in total. The van der Waals surface area contributed by atoms with Crippen LogP contribution in [0.4, 0.5) is 5.69 Å². The molecule has 0 N–H and O–H groups in total. The SMILES string of the molecule is CCCC(C)n1c(-c2ccco2)csc1=Nc1ccc(OCC)cc1. The standard InChI is InChI=1S/C20H24N2O2S/c1-4-7-15(3)22-18(19-8-6-13-24-19)14-25-20(22)21-16-9-11-17(12-10-16)23-5-2/h6,8-15H,4-5,7H2,1-3H3. The lowest BCUT2D eigenvalue weighted by atomic mass is 10.2. The van der Waals surface area contributed by atoms with Crippen LogP contribution in [-0.4, -0.2) is 11.2 Å². The predicted molar refractivity (Wildman–Crippen MR) is 102 cm³/mol. The summed E-state index contributed by atoms with van der Waals surface area (Å²) in [7, 11) is 0. The van der Waals surface area contributed by atoms with Crippen LogP contribution in [0.3, 0.4) is 0 Å². The van der Waals surface area contributed by atoms with Crippen molar-refractivity contribution in [2.75, 3.05) is 6.61 Å². The predicted octanol–water partition coefficient (Wildman–Crippen LogP) is 5.80. The molecule has 0 spiro atoms. The minimum Gasteiger partial charge on any atom is -0.494 e. The van der Waals surface area contributed by atoms with Gasteiger partial charge in [0, 0.05) is 11.4 Å². The zero-order valence-electron chi connectivity index (χ0n) is 14.9. The normalized spacial score (nSPS) is 13.2. The molecule has 2 heterocycles. The van der Waals surface area contributed by atoms with E-state index in [1.54, 1.807) is 17.6 Å². The second-order valence-corrected chi connectivity index (χ2v) is 6.76. The smallest absolute Gasteiger partial charge is 0.190 e. The third kappa shape index (κ3) is 4.04. The highest BCUT2D eigenvalue weighted by molar-refractivity contribution is 7.07. The van der Waals surface area contributed by atoms with Crippen LogP contribution in [0.25, 0.3) is 11.5 Å². The molecule has 1 unspecified atom stereocenters. The molecule has 0 aliphatic carbocycles. The number of ether oxygens (including phenoxy) is 1. The van der Waals surface area contributed by atoms with Crippen LogP contribution in [0.1, 0.15) is 39.7 Å². The van der Waals surface area contributed by atoms with Crippen LogP contribution in [0.5, 0.6) is 5.75 Å². The lowest BCUT2D eigenvalue weighted by molar-refractivity contribution is 0.340. The molecule has 3 rings (SSSR count). The minimum absolute atomic E-state index is 0.359. The maximum Gasteiger partial charge on any atom is 0.190 e. The molecule has 5 heteroatoms. The number of furan rings is 1. The molecule has 3 aromatic rings. The Morgan fingerprint density at radius 1 is 1.20 bits per heavy atom. The number of nitrogens with zero attached hydrogens (tertiary/aromatic N) is 2. The zero-order chi connectivity index (χ0) is 17.6. The fraction of sp³-hybridized carbons (Fsp3) is 0.350. The van der Waals surface area contributed by atoms with E-state index >= 15 is 0 Å². The number of benzene rings is 1. The van der Waals surface area contributed by atoms with Crippen LogP contribution < -0.4 is 9.54 Å². The van der Waals surface area contributed by atoms with Gasteiger partial charge in [-0.2, -0.15) is 0 Å². The molecular weight excluding hydrogens is 332 g/mol. The summed E-state index contributed by atoms with van der Waals surface area (Å²) in [5, 5.41) is 2.12. The van der Waals surface area contributed by atoms with Gasteiger partial charge in [0.25, 0.3) is 0 Å². The highest BCUT2D eigenvalue weighted by Gasteiger charge is 2.15. The molecular formula is C20H24N2O2S. The Kier molecular flexibility index (Phi) is 5.76. The Hall–Kier alpha value is -2.27. The van der Waals surface area contributed by atoms with Gasteiger partial charge in [0.05, 0.1) is 24.3 Å². The van der Waals surface area contributed by atoms with Crippen LogP contribution >= 0.6 is 11.3 Å². The number of hydrogen-bond donors (Lipinski definition) is 0. The summed E-state index contributed by atoms with van der Waals surface area (Å²) >= 11 is 1.64. The minimum atomic E-state index is 0.359. The second kappa shape index (κ2) is 8.21. The Bertz CT molecular complexity index is 845. The van der Waals surface area contributed by atoms with Gasteiger partial charge in [-0.1, -0.05) is 13.3 Å². The Labute approximate surface area is 152 Å². The highest BCUT2D eigenvalue weighted by atomic mass is 32.1. The van der Waals surface area contributed by atoms with Gasteiger partial charge in [0.2, 0.25) is 0 Å². The van der Waals surface area contributed by atoms with Crippen molar-refractivity contribution in [1.82, 2.24) is 4.57 Å². The fourth-order valence-electron chi connectivity index (χ4n) is 2.87. The van der Waals surface area contributed by atoms with Crippen molar-refractivity contribution in [3.05, 3.63) is 52.8 Å². The van der Waals surface area contributed by atoms with Crippen molar-refractivity contribution in [2.24, 2.45) is 4.99 Å². The van der Waals surface area contributed by atoms with E-state index in [0.29, 0.717) is 12.6 Å². The van der Waals surface area contributed by atoms with Crippen molar-refractivity contribution >= 4 is 17.0 Å². The summed E-state index contributed by atoms with van der Waals surface area (Å²) in [6.07, 6.45) is 3.94. The Morgan fingerprint density at radius 2 is 2.00 bits per heavy atom. The molecule has 0 radical (unpaired) electrons. The second-order valence-electron chi connectivity index (χ2n) is 5.93. The first-order valence-electron chi connectivity index (χ1n) is 8.74. The van der Waals surface area contributed by atoms with Crippen molar-refractivity contribution < 1.29 is 9.15 Å². The van der Waals surface area contributed by atoms with Crippen molar-refractivity contribution in [2.45, 2.75) is 39.7 Å². The molecule has 132 valence electrons. The summed E-state index contributed by atoms with van der Waals surface area (Å²) in [5.41, 5.74) is 2.01. The Balaban J connectivity index is 2.03. The summed E-state index contributed by atoms with van der Waals surface area (Å²) in [6.45, 7) is 7.10. The Morgan fingerprint density at radius 3 is 2.64 bits per heavy atom. The number of aromatic nitrogens is 1. The molecule has 0 fully saturated rings. The van der Waals surface area contributed by atoms with Gasteiger partial charge < -0.3 is 13.7 Å². The lowest BCUT2D eigenvalue weighted by Crippen LogP contribution is -2.19. The average molecular weight is 356 g/mol. The van der Waals surface area contributed by atoms with Gasteiger partial charge in [0.1, 0.15) is 5.75 Å². The molecule has 0 aliphatic rings. The fourth-order valence-corrected chi connectivity index (χ4v) is 3.87. The molecule has 1 atom stereocenters. The van der Waals surface area contributed by atoms with E-state index in [2.05, 4.69) is 23.8 Å². The van der Waals surface area contributed by atoms with Crippen molar-refractivity contribution in [3.63, 3.8) is 0 Å². The topological polar surface area (TPSA) is 39.7 Å². The summed E-state index contributed by atoms with van der Waals surface area (Å²) in [4.78, 5) is 5.84. The first-order chi connectivity index (χ1) is 12.2. The first kappa shape index (κ1) is 17.5. The van der Waals surface area contributed by atoms with Crippen LogP contribution in [0.15, 0.2) is 57.5 Å². The van der Waals surface area contributed by atoms with Gasteiger partial charge in [0.15, 0.2) is 10.6 Å². The van der Waals surface area contributed by atoms with Gasteiger partial charge in [-0.05, 0) is 56.7 Å². The first-order valence-corrected chi connectivity index (χ1v) is 9.62. The maximum absolute atomic E-state index is 5.62. The van der Waals surface area contributed by atoms with E-state index in [-0.39, 0.29) is 0 Å². The van der Waals surface area contributed by atoms with Crippen molar-refractivity contribution in [3.8, 4) is 17.2 Å². The van der Waals surface area contributed by atoms with E-state index in [9.17, 15) is 0 Å². The van der Waals surface area contributed by atoms with E-state index in [0.717, 1.165) is 40.5 Å². The third-order valence-electron chi connectivity index (χ3n) is 4.03. The van der Waals surface area contributed by atoms with E-state index < -0.39 is 0 Å². The number of thiazole rings is 1. The molecule has 25 heavy (non-hydrogen) atoms. The zero-order valence-corrected chi connectivity index (χ0v) is 15.8. The van der Waals surface area contributed by atoms with E-state index in [1.807, 2.05) is 43.3 Å². The van der Waals surface area contributed by atoms with Gasteiger partial charge >= 0.3 is 0 Å². The van der Waals surface area contributed by atoms with Crippen LogP contribution in [0.2, 0.25) is 0 Å². The number of rotatable bonds is 7. The van der Waals surface area contributed by atoms with Gasteiger partial charge in [-0.3, -0.25) is 0 Å². The monoisotopic (exact) mass is 356 g/mol. The largest absolute Gasteiger partial charge is 0.494 e. The molecule has 0 aliphatic heterocycles. The summed E-state index contributed by atoms with van der Waals surface area (Å²) < 4.78 is 13.4. The third-order valence-corrected chi connectivity index (χ3v) is 4.87. The maximum atomic E-state index is 5.62. The van der Waals surface area contributed by atoms with Gasteiger partial charge in [-0.25, -0.2) is 4.99 Å². The quantitative estimate of drug-likeness (QED) is 0.536. The van der Waals surface area contributed by atoms with E-state index in [4.69, 9.17) is 14.1 Å². The molecule has 0 saturated heterocycles. The van der Waals surface area contributed by atoms with Crippen molar-refractivity contribution in [1.29, 1.82) is 0 Å². The van der Waals surface area contributed by atoms with Crippen LogP contribution in [-0.2, 0) is 0 Å². The molecule has 0 saturated carbocycles. The molecule has 2 aromatic heterocycles. The lowest BCUT2D eigenvalue weighted by Gasteiger charge is -2.15. The summed E-state index contributed by atoms with van der Waals surface area (Å²) in [5.74, 6) is 1.75. The molecule has 0 amide bonds. The van der Waals surface area contributed by atoms with Crippen LogP contribution in [0, 0.1) is 0 Å².